The number of hydrogen-bond donors (Lipinski definition) is 2. The second-order valence-corrected chi connectivity index (χ2v) is 6.53. The third kappa shape index (κ3) is 5.26. The van der Waals surface area contributed by atoms with Crippen LogP contribution in [0, 0.1) is 13.8 Å². The maximum Gasteiger partial charge on any atom is 0.341 e. The van der Waals surface area contributed by atoms with Crippen LogP contribution in [-0.2, 0) is 11.3 Å². The van der Waals surface area contributed by atoms with E-state index in [1.165, 1.54) is 4.90 Å². The van der Waals surface area contributed by atoms with Crippen molar-refractivity contribution >= 4 is 23.6 Å². The molecule has 0 saturated carbocycles. The monoisotopic (exact) mass is 359 g/mol. The van der Waals surface area contributed by atoms with Crippen molar-refractivity contribution in [1.82, 2.24) is 5.32 Å². The zero-order chi connectivity index (χ0) is 18.4. The molecule has 0 fully saturated rings. The van der Waals surface area contributed by atoms with E-state index in [0.29, 0.717) is 17.9 Å². The maximum absolute atomic E-state index is 12.4. The highest BCUT2D eigenvalue weighted by Crippen LogP contribution is 2.25. The SMILES string of the molecule is CSc1ccc(CNC(=O)c2cc(C)c(OCC(=O)O)c(C)c2)cc1. The van der Waals surface area contributed by atoms with Crippen LogP contribution < -0.4 is 10.1 Å². The van der Waals surface area contributed by atoms with E-state index in [9.17, 15) is 9.59 Å². The number of rotatable bonds is 7. The molecule has 2 aromatic carbocycles. The summed E-state index contributed by atoms with van der Waals surface area (Å²) in [7, 11) is 0. The van der Waals surface area contributed by atoms with Gasteiger partial charge in [-0.1, -0.05) is 12.1 Å². The van der Waals surface area contributed by atoms with Gasteiger partial charge in [-0.05, 0) is 61.1 Å². The van der Waals surface area contributed by atoms with E-state index in [0.717, 1.165) is 16.7 Å². The standard InChI is InChI=1S/C19H21NO4S/c1-12-8-15(9-13(2)18(12)24-11-17(21)22)19(23)20-10-14-4-6-16(25-3)7-5-14/h4-9H,10-11H2,1-3H3,(H,20,23)(H,21,22). The summed E-state index contributed by atoms with van der Waals surface area (Å²) in [5.74, 6) is -0.704. The van der Waals surface area contributed by atoms with E-state index in [1.807, 2.05) is 30.5 Å². The molecule has 6 heteroatoms. The van der Waals surface area contributed by atoms with Crippen LogP contribution in [0.5, 0.6) is 5.75 Å². The molecule has 2 N–H and O–H groups in total. The predicted octanol–water partition coefficient (Wildman–Crippen LogP) is 3.42. The summed E-state index contributed by atoms with van der Waals surface area (Å²) in [5, 5.41) is 11.6. The van der Waals surface area contributed by atoms with Gasteiger partial charge in [-0.3, -0.25) is 4.79 Å². The molecule has 0 radical (unpaired) electrons. The second kappa shape index (κ2) is 8.58. The average Bonchev–Trinajstić information content (AvgIpc) is 2.59. The third-order valence-electron chi connectivity index (χ3n) is 3.67. The fourth-order valence-electron chi connectivity index (χ4n) is 2.47. The van der Waals surface area contributed by atoms with Crippen molar-refractivity contribution in [3.8, 4) is 5.75 Å². The van der Waals surface area contributed by atoms with Gasteiger partial charge < -0.3 is 15.2 Å². The van der Waals surface area contributed by atoms with Gasteiger partial charge in [0.05, 0.1) is 0 Å². The maximum atomic E-state index is 12.4. The number of aliphatic carboxylic acids is 1. The predicted molar refractivity (Wildman–Crippen MR) is 98.4 cm³/mol. The molecule has 0 unspecified atom stereocenters. The molecule has 0 spiro atoms. The van der Waals surface area contributed by atoms with Gasteiger partial charge in [0.1, 0.15) is 5.75 Å². The summed E-state index contributed by atoms with van der Waals surface area (Å²) in [4.78, 5) is 24.2. The number of ether oxygens (including phenoxy) is 1. The summed E-state index contributed by atoms with van der Waals surface area (Å²) < 4.78 is 5.28. The second-order valence-electron chi connectivity index (χ2n) is 5.65. The molecular weight excluding hydrogens is 338 g/mol. The molecule has 0 aromatic heterocycles. The van der Waals surface area contributed by atoms with Crippen LogP contribution in [0.4, 0.5) is 0 Å². The van der Waals surface area contributed by atoms with E-state index in [4.69, 9.17) is 9.84 Å². The lowest BCUT2D eigenvalue weighted by atomic mass is 10.0. The number of carbonyl (C=O) groups excluding carboxylic acids is 1. The van der Waals surface area contributed by atoms with E-state index >= 15 is 0 Å². The summed E-state index contributed by atoms with van der Waals surface area (Å²) in [6, 6.07) is 11.4. The number of thioether (sulfide) groups is 1. The first-order valence-corrected chi connectivity index (χ1v) is 9.00. The van der Waals surface area contributed by atoms with Crippen LogP contribution in [-0.4, -0.2) is 29.8 Å². The van der Waals surface area contributed by atoms with Crippen molar-refractivity contribution in [3.63, 3.8) is 0 Å². The lowest BCUT2D eigenvalue weighted by Crippen LogP contribution is -2.23. The third-order valence-corrected chi connectivity index (χ3v) is 4.42. The first kappa shape index (κ1) is 18.9. The molecule has 2 rings (SSSR count). The van der Waals surface area contributed by atoms with Crippen LogP contribution in [0.2, 0.25) is 0 Å². The fourth-order valence-corrected chi connectivity index (χ4v) is 2.88. The Morgan fingerprint density at radius 3 is 2.24 bits per heavy atom. The van der Waals surface area contributed by atoms with Crippen molar-refractivity contribution in [2.75, 3.05) is 12.9 Å². The number of aryl methyl sites for hydroxylation is 2. The number of carbonyl (C=O) groups is 2. The topological polar surface area (TPSA) is 75.6 Å². The number of carboxylic acid groups (broad SMARTS) is 1. The molecule has 0 aliphatic heterocycles. The van der Waals surface area contributed by atoms with Crippen LogP contribution in [0.3, 0.4) is 0 Å². The van der Waals surface area contributed by atoms with Crippen molar-refractivity contribution < 1.29 is 19.4 Å². The van der Waals surface area contributed by atoms with Crippen molar-refractivity contribution in [2.24, 2.45) is 0 Å². The van der Waals surface area contributed by atoms with E-state index in [1.54, 1.807) is 37.7 Å². The van der Waals surface area contributed by atoms with Crippen molar-refractivity contribution in [2.45, 2.75) is 25.3 Å². The minimum absolute atomic E-state index is 0.176. The Hall–Kier alpha value is -2.47. The molecule has 0 aliphatic carbocycles. The van der Waals surface area contributed by atoms with Gasteiger partial charge in [0.2, 0.25) is 0 Å². The Kier molecular flexibility index (Phi) is 6.47. The first-order valence-electron chi connectivity index (χ1n) is 7.77. The number of carboxylic acids is 1. The van der Waals surface area contributed by atoms with Crippen molar-refractivity contribution in [3.05, 3.63) is 58.7 Å². The zero-order valence-electron chi connectivity index (χ0n) is 14.5. The molecule has 0 aliphatic rings. The van der Waals surface area contributed by atoms with Gasteiger partial charge >= 0.3 is 5.97 Å². The smallest absolute Gasteiger partial charge is 0.341 e. The number of benzene rings is 2. The summed E-state index contributed by atoms with van der Waals surface area (Å²) in [5.41, 5.74) is 3.02. The molecule has 0 heterocycles. The van der Waals surface area contributed by atoms with E-state index < -0.39 is 12.6 Å². The highest BCUT2D eigenvalue weighted by Gasteiger charge is 2.12. The largest absolute Gasteiger partial charge is 0.481 e. The fraction of sp³-hybridized carbons (Fsp3) is 0.263. The molecule has 0 atom stereocenters. The molecule has 25 heavy (non-hydrogen) atoms. The normalized spacial score (nSPS) is 10.4. The van der Waals surface area contributed by atoms with Crippen LogP contribution in [0.15, 0.2) is 41.3 Å². The van der Waals surface area contributed by atoms with E-state index in [-0.39, 0.29) is 5.91 Å². The molecule has 2 aromatic rings. The Labute approximate surface area is 151 Å². The summed E-state index contributed by atoms with van der Waals surface area (Å²) in [6.45, 7) is 3.63. The van der Waals surface area contributed by atoms with Crippen LogP contribution in [0.25, 0.3) is 0 Å². The summed E-state index contributed by atoms with van der Waals surface area (Å²) in [6.07, 6.45) is 2.02. The van der Waals surface area contributed by atoms with Gasteiger partial charge in [-0.25, -0.2) is 4.79 Å². The molecule has 1 amide bonds. The lowest BCUT2D eigenvalue weighted by molar-refractivity contribution is -0.139. The Morgan fingerprint density at radius 1 is 1.12 bits per heavy atom. The minimum Gasteiger partial charge on any atom is -0.481 e. The van der Waals surface area contributed by atoms with Gasteiger partial charge in [-0.2, -0.15) is 0 Å². The van der Waals surface area contributed by atoms with Gasteiger partial charge in [0.25, 0.3) is 5.91 Å². The zero-order valence-corrected chi connectivity index (χ0v) is 15.3. The van der Waals surface area contributed by atoms with Crippen LogP contribution >= 0.6 is 11.8 Å². The highest BCUT2D eigenvalue weighted by atomic mass is 32.2. The molecule has 132 valence electrons. The van der Waals surface area contributed by atoms with E-state index in [2.05, 4.69) is 5.32 Å². The molecule has 5 nitrogen and oxygen atoms in total. The van der Waals surface area contributed by atoms with Gasteiger partial charge in [-0.15, -0.1) is 11.8 Å². The Balaban J connectivity index is 2.04. The lowest BCUT2D eigenvalue weighted by Gasteiger charge is -2.13. The Bertz CT molecular complexity index is 748. The minimum atomic E-state index is -1.03. The quantitative estimate of drug-likeness (QED) is 0.741. The molecule has 0 bridgehead atoms. The van der Waals surface area contributed by atoms with Crippen LogP contribution in [0.1, 0.15) is 27.0 Å². The average molecular weight is 359 g/mol. The molecular formula is C19H21NO4S. The van der Waals surface area contributed by atoms with Gasteiger partial charge in [0.15, 0.2) is 6.61 Å². The number of amides is 1. The Morgan fingerprint density at radius 2 is 1.72 bits per heavy atom. The van der Waals surface area contributed by atoms with Gasteiger partial charge in [0, 0.05) is 17.0 Å². The number of nitrogens with one attached hydrogen (secondary N) is 1. The summed E-state index contributed by atoms with van der Waals surface area (Å²) >= 11 is 1.67. The van der Waals surface area contributed by atoms with Crippen molar-refractivity contribution in [1.29, 1.82) is 0 Å². The number of hydrogen-bond acceptors (Lipinski definition) is 4. The first-order chi connectivity index (χ1) is 11.9. The molecule has 0 saturated heterocycles. The highest BCUT2D eigenvalue weighted by molar-refractivity contribution is 7.98.